The lowest BCUT2D eigenvalue weighted by molar-refractivity contribution is -0.141. The topological polar surface area (TPSA) is 121 Å². The highest BCUT2D eigenvalue weighted by atomic mass is 16.4. The molecule has 7 nitrogen and oxygen atoms in total. The summed E-state index contributed by atoms with van der Waals surface area (Å²) in [6.45, 7) is 0.532. The molecule has 5 N–H and O–H groups in total. The number of H-pyrrole nitrogens is 1. The maximum Gasteiger partial charge on any atom is 0.326 e. The van der Waals surface area contributed by atoms with Gasteiger partial charge in [-0.15, -0.1) is 0 Å². The zero-order chi connectivity index (χ0) is 13.4. The lowest BCUT2D eigenvalue weighted by atomic mass is 10.1. The van der Waals surface area contributed by atoms with Crippen LogP contribution in [0.25, 0.3) is 0 Å². The van der Waals surface area contributed by atoms with Gasteiger partial charge >= 0.3 is 5.97 Å². The van der Waals surface area contributed by atoms with Crippen molar-refractivity contribution < 1.29 is 14.7 Å². The van der Waals surface area contributed by atoms with Gasteiger partial charge in [0.1, 0.15) is 6.04 Å². The van der Waals surface area contributed by atoms with Gasteiger partial charge < -0.3 is 21.1 Å². The summed E-state index contributed by atoms with van der Waals surface area (Å²) in [4.78, 5) is 29.1. The number of imidazole rings is 1. The van der Waals surface area contributed by atoms with E-state index in [0.717, 1.165) is 6.42 Å². The van der Waals surface area contributed by atoms with Crippen LogP contribution in [0.3, 0.4) is 0 Å². The zero-order valence-corrected chi connectivity index (χ0v) is 10.1. The number of unbranched alkanes of at least 4 members (excludes halogenated alkanes) is 1. The van der Waals surface area contributed by atoms with Gasteiger partial charge in [-0.05, 0) is 19.4 Å². The molecule has 1 amide bonds. The van der Waals surface area contributed by atoms with Crippen molar-refractivity contribution in [1.82, 2.24) is 15.3 Å². The van der Waals surface area contributed by atoms with Gasteiger partial charge in [0.15, 0.2) is 0 Å². The third kappa shape index (κ3) is 4.96. The summed E-state index contributed by atoms with van der Waals surface area (Å²) in [5.74, 6) is -1.33. The summed E-state index contributed by atoms with van der Waals surface area (Å²) in [5.41, 5.74) is 5.99. The summed E-state index contributed by atoms with van der Waals surface area (Å²) in [5, 5.41) is 11.5. The molecule has 0 spiro atoms. The van der Waals surface area contributed by atoms with Gasteiger partial charge in [0.2, 0.25) is 5.91 Å². The molecule has 0 bridgehead atoms. The summed E-state index contributed by atoms with van der Waals surface area (Å²) in [6.07, 6.45) is 4.92. The number of nitrogens with two attached hydrogens (primary N) is 1. The van der Waals surface area contributed by atoms with Gasteiger partial charge in [0.25, 0.3) is 0 Å². The first-order chi connectivity index (χ1) is 8.63. The molecule has 0 saturated carbocycles. The molecule has 0 aliphatic carbocycles. The molecule has 0 radical (unpaired) electrons. The Labute approximate surface area is 105 Å². The minimum absolute atomic E-state index is 0.192. The van der Waals surface area contributed by atoms with Crippen molar-refractivity contribution in [1.29, 1.82) is 0 Å². The number of aromatic nitrogens is 2. The second-order valence-corrected chi connectivity index (χ2v) is 3.99. The molecular weight excluding hydrogens is 236 g/mol. The Balaban J connectivity index is 2.42. The van der Waals surface area contributed by atoms with Gasteiger partial charge in [-0.25, -0.2) is 9.78 Å². The minimum atomic E-state index is -1.06. The molecule has 0 aliphatic rings. The van der Waals surface area contributed by atoms with E-state index in [1.807, 2.05) is 0 Å². The van der Waals surface area contributed by atoms with Crippen LogP contribution in [0.1, 0.15) is 25.0 Å². The average molecular weight is 254 g/mol. The van der Waals surface area contributed by atoms with Crippen molar-refractivity contribution in [2.45, 2.75) is 31.7 Å². The first kappa shape index (κ1) is 14.2. The Hall–Kier alpha value is -1.89. The first-order valence-electron chi connectivity index (χ1n) is 5.83. The number of nitrogens with one attached hydrogen (secondary N) is 2. The third-order valence-corrected chi connectivity index (χ3v) is 2.47. The van der Waals surface area contributed by atoms with E-state index in [0.29, 0.717) is 25.1 Å². The van der Waals surface area contributed by atoms with Crippen molar-refractivity contribution in [3.63, 3.8) is 0 Å². The standard InChI is InChI=1S/C11H18N4O3/c12-4-2-1-3-10(16)15-9(11(17)18)5-8-6-13-7-14-8/h6-7,9H,1-5,12H2,(H,13,14)(H,15,16)(H,17,18). The number of carboxylic acids is 1. The SMILES string of the molecule is NCCCCC(=O)NC(Cc1cnc[nH]1)C(=O)O. The normalized spacial score (nSPS) is 12.1. The molecule has 0 aromatic carbocycles. The van der Waals surface area contributed by atoms with Crippen LogP contribution in [0.15, 0.2) is 12.5 Å². The predicted molar refractivity (Wildman–Crippen MR) is 64.8 cm³/mol. The highest BCUT2D eigenvalue weighted by Crippen LogP contribution is 2.01. The Morgan fingerprint density at radius 1 is 1.50 bits per heavy atom. The molecule has 7 heteroatoms. The van der Waals surface area contributed by atoms with Crippen LogP contribution in [0.4, 0.5) is 0 Å². The van der Waals surface area contributed by atoms with E-state index in [1.165, 1.54) is 12.5 Å². The predicted octanol–water partition coefficient (Wildman–Crippen LogP) is -0.349. The Bertz CT molecular complexity index is 378. The number of carboxylic acid groups (broad SMARTS) is 1. The monoisotopic (exact) mass is 254 g/mol. The summed E-state index contributed by atoms with van der Waals surface area (Å²) >= 11 is 0. The Morgan fingerprint density at radius 3 is 2.83 bits per heavy atom. The maximum absolute atomic E-state index is 11.5. The van der Waals surface area contributed by atoms with Crippen molar-refractivity contribution in [2.75, 3.05) is 6.54 Å². The van der Waals surface area contributed by atoms with Gasteiger partial charge in [-0.2, -0.15) is 0 Å². The fourth-order valence-electron chi connectivity index (χ4n) is 1.51. The molecule has 1 rings (SSSR count). The molecule has 100 valence electrons. The molecule has 0 aliphatic heterocycles. The van der Waals surface area contributed by atoms with E-state index >= 15 is 0 Å². The van der Waals surface area contributed by atoms with Crippen molar-refractivity contribution >= 4 is 11.9 Å². The average Bonchev–Trinajstić information content (AvgIpc) is 2.81. The molecule has 1 aromatic rings. The smallest absolute Gasteiger partial charge is 0.326 e. The highest BCUT2D eigenvalue weighted by molar-refractivity contribution is 5.83. The first-order valence-corrected chi connectivity index (χ1v) is 5.83. The lowest BCUT2D eigenvalue weighted by Crippen LogP contribution is -2.42. The van der Waals surface area contributed by atoms with E-state index in [1.54, 1.807) is 0 Å². The molecule has 0 saturated heterocycles. The minimum Gasteiger partial charge on any atom is -0.480 e. The lowest BCUT2D eigenvalue weighted by Gasteiger charge is -2.13. The largest absolute Gasteiger partial charge is 0.480 e. The molecule has 1 atom stereocenters. The second kappa shape index (κ2) is 7.44. The third-order valence-electron chi connectivity index (χ3n) is 2.47. The van der Waals surface area contributed by atoms with E-state index < -0.39 is 12.0 Å². The van der Waals surface area contributed by atoms with Crippen LogP contribution in [-0.2, 0) is 16.0 Å². The van der Waals surface area contributed by atoms with Gasteiger partial charge in [0.05, 0.1) is 6.33 Å². The number of amides is 1. The number of aliphatic carboxylic acids is 1. The fraction of sp³-hybridized carbons (Fsp3) is 0.545. The number of hydrogen-bond donors (Lipinski definition) is 4. The molecule has 1 aromatic heterocycles. The number of nitrogens with zero attached hydrogens (tertiary/aromatic N) is 1. The zero-order valence-electron chi connectivity index (χ0n) is 10.1. The van der Waals surface area contributed by atoms with Gasteiger partial charge in [-0.3, -0.25) is 4.79 Å². The van der Waals surface area contributed by atoms with Crippen LogP contribution < -0.4 is 11.1 Å². The van der Waals surface area contributed by atoms with Gasteiger partial charge in [0, 0.05) is 24.7 Å². The molecule has 1 heterocycles. The molecule has 18 heavy (non-hydrogen) atoms. The van der Waals surface area contributed by atoms with E-state index in [-0.39, 0.29) is 12.3 Å². The summed E-state index contributed by atoms with van der Waals surface area (Å²) < 4.78 is 0. The number of hydrogen-bond acceptors (Lipinski definition) is 4. The van der Waals surface area contributed by atoms with Crippen LogP contribution in [-0.4, -0.2) is 39.5 Å². The summed E-state index contributed by atoms with van der Waals surface area (Å²) in [7, 11) is 0. The van der Waals surface area contributed by atoms with Crippen LogP contribution >= 0.6 is 0 Å². The van der Waals surface area contributed by atoms with E-state index in [4.69, 9.17) is 10.8 Å². The van der Waals surface area contributed by atoms with Crippen LogP contribution in [0.5, 0.6) is 0 Å². The van der Waals surface area contributed by atoms with E-state index in [9.17, 15) is 9.59 Å². The number of aromatic amines is 1. The van der Waals surface area contributed by atoms with Crippen LogP contribution in [0.2, 0.25) is 0 Å². The Morgan fingerprint density at radius 2 is 2.28 bits per heavy atom. The summed E-state index contributed by atoms with van der Waals surface area (Å²) in [6, 6.07) is -0.934. The number of rotatable bonds is 8. The van der Waals surface area contributed by atoms with Crippen molar-refractivity contribution in [3.05, 3.63) is 18.2 Å². The number of carbonyl (C=O) groups is 2. The maximum atomic E-state index is 11.5. The fourth-order valence-corrected chi connectivity index (χ4v) is 1.51. The van der Waals surface area contributed by atoms with Gasteiger partial charge in [-0.1, -0.05) is 0 Å². The highest BCUT2D eigenvalue weighted by Gasteiger charge is 2.20. The van der Waals surface area contributed by atoms with Crippen molar-refractivity contribution in [2.24, 2.45) is 5.73 Å². The van der Waals surface area contributed by atoms with Crippen molar-refractivity contribution in [3.8, 4) is 0 Å². The molecule has 0 fully saturated rings. The van der Waals surface area contributed by atoms with E-state index in [2.05, 4.69) is 15.3 Å². The Kier molecular flexibility index (Phi) is 5.86. The van der Waals surface area contributed by atoms with Crippen LogP contribution in [0, 0.1) is 0 Å². The quantitative estimate of drug-likeness (QED) is 0.472. The molecule has 1 unspecified atom stereocenters. The molecular formula is C11H18N4O3. The number of carbonyl (C=O) groups excluding carboxylic acids is 1. The second-order valence-electron chi connectivity index (χ2n) is 3.99.